The van der Waals surface area contributed by atoms with Crippen molar-refractivity contribution < 1.29 is 18.0 Å². The molecule has 2 heterocycles. The number of hydrogen-bond donors (Lipinski definition) is 1. The molecule has 0 spiro atoms. The summed E-state index contributed by atoms with van der Waals surface area (Å²) in [5, 5.41) is 0.806. The number of benzene rings is 1. The normalized spacial score (nSPS) is 17.5. The van der Waals surface area contributed by atoms with Crippen molar-refractivity contribution in [2.45, 2.75) is 46.0 Å². The monoisotopic (exact) mass is 428 g/mol. The maximum atomic E-state index is 13.4. The van der Waals surface area contributed by atoms with Gasteiger partial charge >= 0.3 is 6.18 Å². The molecule has 0 saturated heterocycles. The highest BCUT2D eigenvalue weighted by atomic mass is 19.4. The number of hydrogen-bond acceptors (Lipinski definition) is 4. The zero-order chi connectivity index (χ0) is 22.6. The number of carbonyl (C=O) groups excluding carboxylic acids is 1. The fourth-order valence-electron chi connectivity index (χ4n) is 3.75. The van der Waals surface area contributed by atoms with Crippen LogP contribution in [0.1, 0.15) is 47.4 Å². The first-order valence-electron chi connectivity index (χ1n) is 9.96. The number of nitrogen functional groups attached to an aromatic ring is 1. The van der Waals surface area contributed by atoms with Crippen LogP contribution in [-0.4, -0.2) is 26.8 Å². The molecule has 1 aliphatic carbocycles. The minimum Gasteiger partial charge on any atom is -0.383 e. The molecule has 31 heavy (non-hydrogen) atoms. The molecule has 1 atom stereocenters. The Kier molecular flexibility index (Phi) is 4.91. The second-order valence-electron chi connectivity index (χ2n) is 8.78. The third-order valence-corrected chi connectivity index (χ3v) is 5.87. The minimum absolute atomic E-state index is 0.00827. The zero-order valence-corrected chi connectivity index (χ0v) is 17.5. The number of nitrogens with two attached hydrogens (primary N) is 1. The summed E-state index contributed by atoms with van der Waals surface area (Å²) in [7, 11) is 0. The third-order valence-electron chi connectivity index (χ3n) is 5.87. The van der Waals surface area contributed by atoms with E-state index < -0.39 is 11.7 Å². The van der Waals surface area contributed by atoms with E-state index in [1.165, 1.54) is 6.07 Å². The molecule has 1 fully saturated rings. The van der Waals surface area contributed by atoms with Crippen molar-refractivity contribution in [1.82, 2.24) is 14.9 Å². The lowest BCUT2D eigenvalue weighted by atomic mass is 10.1. The molecule has 5 nitrogen and oxygen atoms in total. The Bertz CT molecular complexity index is 1160. The van der Waals surface area contributed by atoms with E-state index in [9.17, 15) is 18.0 Å². The Morgan fingerprint density at radius 1 is 1.23 bits per heavy atom. The van der Waals surface area contributed by atoms with Gasteiger partial charge in [-0.1, -0.05) is 13.8 Å². The molecule has 0 bridgehead atoms. The molecule has 1 aliphatic rings. The summed E-state index contributed by atoms with van der Waals surface area (Å²) < 4.78 is 38.5. The van der Waals surface area contributed by atoms with Crippen LogP contribution in [-0.2, 0) is 12.7 Å². The molecular weight excluding hydrogens is 405 g/mol. The maximum Gasteiger partial charge on any atom is 0.417 e. The van der Waals surface area contributed by atoms with Gasteiger partial charge in [0.05, 0.1) is 23.3 Å². The minimum atomic E-state index is -4.44. The number of anilines is 1. The van der Waals surface area contributed by atoms with Crippen LogP contribution in [0.5, 0.6) is 0 Å². The molecule has 3 aromatic rings. The van der Waals surface area contributed by atoms with Crippen molar-refractivity contribution in [1.29, 1.82) is 0 Å². The summed E-state index contributed by atoms with van der Waals surface area (Å²) in [6.45, 7) is 6.12. The molecular formula is C23H23F3N4O. The van der Waals surface area contributed by atoms with E-state index in [1.54, 1.807) is 23.1 Å². The van der Waals surface area contributed by atoms with Gasteiger partial charge in [-0.25, -0.2) is 4.98 Å². The Morgan fingerprint density at radius 2 is 1.94 bits per heavy atom. The quantitative estimate of drug-likeness (QED) is 0.636. The lowest BCUT2D eigenvalue weighted by Gasteiger charge is -2.25. The Morgan fingerprint density at radius 3 is 2.52 bits per heavy atom. The molecule has 2 N–H and O–H groups in total. The van der Waals surface area contributed by atoms with E-state index in [0.29, 0.717) is 22.6 Å². The van der Waals surface area contributed by atoms with Crippen LogP contribution in [0.15, 0.2) is 42.6 Å². The van der Waals surface area contributed by atoms with Crippen molar-refractivity contribution in [2.24, 2.45) is 5.41 Å². The molecule has 162 valence electrons. The lowest BCUT2D eigenvalue weighted by Crippen LogP contribution is -2.35. The average molecular weight is 428 g/mol. The summed E-state index contributed by atoms with van der Waals surface area (Å²) >= 11 is 0. The SMILES string of the molecule is Cc1cc2cc(C(=O)N(Cc3ccc(C(F)(F)F)cn3)[C@@H]3CC3(C)C)ccc2nc1N. The number of carbonyl (C=O) groups is 1. The molecule has 1 aromatic carbocycles. The van der Waals surface area contributed by atoms with E-state index in [1.807, 2.05) is 13.0 Å². The van der Waals surface area contributed by atoms with E-state index in [4.69, 9.17) is 5.73 Å². The maximum absolute atomic E-state index is 13.4. The Hall–Kier alpha value is -3.16. The van der Waals surface area contributed by atoms with Crippen LogP contribution < -0.4 is 5.73 Å². The zero-order valence-electron chi connectivity index (χ0n) is 17.5. The standard InChI is InChI=1S/C23H23F3N4O/c1-13-8-15-9-14(4-7-18(15)29-20(13)27)21(31)30(19-10-22(19,2)3)12-17-6-5-16(11-28-17)23(24,25)26/h4-9,11,19H,10,12H2,1-3H3,(H2,27,29)/t19-/m1/s1. The van der Waals surface area contributed by atoms with Gasteiger partial charge in [0, 0.05) is 23.2 Å². The number of fused-ring (bicyclic) bond motifs is 1. The molecule has 1 saturated carbocycles. The van der Waals surface area contributed by atoms with Gasteiger partial charge in [0.25, 0.3) is 5.91 Å². The molecule has 0 aliphatic heterocycles. The topological polar surface area (TPSA) is 72.1 Å². The number of rotatable bonds is 4. The van der Waals surface area contributed by atoms with Gasteiger partial charge in [-0.3, -0.25) is 9.78 Å². The molecule has 0 unspecified atom stereocenters. The second-order valence-corrected chi connectivity index (χ2v) is 8.78. The fourth-order valence-corrected chi connectivity index (χ4v) is 3.75. The highest BCUT2D eigenvalue weighted by Gasteiger charge is 2.51. The van der Waals surface area contributed by atoms with Crippen molar-refractivity contribution >= 4 is 22.6 Å². The molecule has 2 aromatic heterocycles. The summed E-state index contributed by atoms with van der Waals surface area (Å²) in [6, 6.07) is 9.44. The number of pyridine rings is 2. The molecule has 1 amide bonds. The summed E-state index contributed by atoms with van der Waals surface area (Å²) in [5.41, 5.74) is 7.44. The Balaban J connectivity index is 1.64. The highest BCUT2D eigenvalue weighted by Crippen LogP contribution is 2.49. The average Bonchev–Trinajstić information content (AvgIpc) is 3.33. The highest BCUT2D eigenvalue weighted by molar-refractivity contribution is 5.98. The Labute approximate surface area is 178 Å². The van der Waals surface area contributed by atoms with E-state index in [2.05, 4.69) is 23.8 Å². The van der Waals surface area contributed by atoms with Gasteiger partial charge in [0.1, 0.15) is 5.82 Å². The van der Waals surface area contributed by atoms with Gasteiger partial charge in [0.2, 0.25) is 0 Å². The van der Waals surface area contributed by atoms with E-state index >= 15 is 0 Å². The van der Waals surface area contributed by atoms with Crippen molar-refractivity contribution in [3.05, 3.63) is 65.0 Å². The number of aryl methyl sites for hydroxylation is 1. The van der Waals surface area contributed by atoms with Crippen LogP contribution in [0.2, 0.25) is 0 Å². The van der Waals surface area contributed by atoms with Crippen LogP contribution >= 0.6 is 0 Å². The van der Waals surface area contributed by atoms with Crippen LogP contribution in [0, 0.1) is 12.3 Å². The van der Waals surface area contributed by atoms with E-state index in [0.717, 1.165) is 29.6 Å². The number of amides is 1. The fraction of sp³-hybridized carbons (Fsp3) is 0.348. The molecule has 4 rings (SSSR count). The number of halogens is 3. The first-order chi connectivity index (χ1) is 14.5. The summed E-state index contributed by atoms with van der Waals surface area (Å²) in [4.78, 5) is 23.4. The second kappa shape index (κ2) is 7.21. The summed E-state index contributed by atoms with van der Waals surface area (Å²) in [6.07, 6.45) is -2.81. The van der Waals surface area contributed by atoms with Gasteiger partial charge in [0.15, 0.2) is 0 Å². The predicted molar refractivity (Wildman–Crippen MR) is 112 cm³/mol. The summed E-state index contributed by atoms with van der Waals surface area (Å²) in [5.74, 6) is 0.259. The molecule has 0 radical (unpaired) electrons. The van der Waals surface area contributed by atoms with Gasteiger partial charge < -0.3 is 10.6 Å². The van der Waals surface area contributed by atoms with Crippen LogP contribution in [0.25, 0.3) is 10.9 Å². The van der Waals surface area contributed by atoms with Crippen LogP contribution in [0.3, 0.4) is 0 Å². The largest absolute Gasteiger partial charge is 0.417 e. The van der Waals surface area contributed by atoms with Gasteiger partial charge in [-0.15, -0.1) is 0 Å². The van der Waals surface area contributed by atoms with Crippen LogP contribution in [0.4, 0.5) is 19.0 Å². The number of nitrogens with zero attached hydrogens (tertiary/aromatic N) is 3. The first-order valence-corrected chi connectivity index (χ1v) is 9.96. The van der Waals surface area contributed by atoms with Crippen molar-refractivity contribution in [3.8, 4) is 0 Å². The first kappa shape index (κ1) is 21.1. The van der Waals surface area contributed by atoms with E-state index in [-0.39, 0.29) is 23.9 Å². The van der Waals surface area contributed by atoms with Crippen molar-refractivity contribution in [3.63, 3.8) is 0 Å². The number of alkyl halides is 3. The molecule has 8 heteroatoms. The lowest BCUT2D eigenvalue weighted by molar-refractivity contribution is -0.137. The van der Waals surface area contributed by atoms with Gasteiger partial charge in [-0.2, -0.15) is 13.2 Å². The number of aromatic nitrogens is 2. The van der Waals surface area contributed by atoms with Gasteiger partial charge in [-0.05, 0) is 60.7 Å². The predicted octanol–water partition coefficient (Wildman–Crippen LogP) is 4.98. The van der Waals surface area contributed by atoms with Crippen molar-refractivity contribution in [2.75, 3.05) is 5.73 Å². The third kappa shape index (κ3) is 4.19. The smallest absolute Gasteiger partial charge is 0.383 e.